The Hall–Kier alpha value is -4.70. The number of nitrogen functional groups attached to an aromatic ring is 2. The number of Topliss-reactive ketones (excluding diaryl/α,β-unsaturated/α-hetero) is 2. The molecule has 3 aromatic rings. The number of sulfonamides is 1. The second kappa shape index (κ2) is 9.88. The molecule has 2 unspecified atom stereocenters. The van der Waals surface area contributed by atoms with E-state index in [1.165, 1.54) is 37.4 Å². The lowest BCUT2D eigenvalue weighted by atomic mass is 9.73. The molecule has 5 N–H and O–H groups in total. The standard InChI is InChI=1S/C29H26N4O5S/c1-17(34)32-15-23-25(19-5-3-2-4-6-19)27-26(29(36)28(23)35)24(18-7-9-20(30)10-8-18)16-33(27)39(37,38)22-13-11-21(31)12-14-22/h2-14,16,26-27H,15,30-31H2,1H3,(H,32,34). The lowest BCUT2D eigenvalue weighted by Crippen LogP contribution is -2.48. The van der Waals surface area contributed by atoms with E-state index in [4.69, 9.17) is 11.5 Å². The van der Waals surface area contributed by atoms with Gasteiger partial charge >= 0.3 is 0 Å². The number of nitrogens with two attached hydrogens (primary N) is 2. The Morgan fingerprint density at radius 1 is 0.872 bits per heavy atom. The number of hydrogen-bond donors (Lipinski definition) is 3. The third-order valence-corrected chi connectivity index (χ3v) is 8.65. The van der Waals surface area contributed by atoms with Crippen molar-refractivity contribution in [2.24, 2.45) is 5.92 Å². The first-order valence-electron chi connectivity index (χ1n) is 12.2. The fourth-order valence-corrected chi connectivity index (χ4v) is 6.55. The molecule has 0 radical (unpaired) electrons. The summed E-state index contributed by atoms with van der Waals surface area (Å²) in [7, 11) is -4.22. The monoisotopic (exact) mass is 542 g/mol. The highest BCUT2D eigenvalue weighted by molar-refractivity contribution is 7.89. The van der Waals surface area contributed by atoms with Crippen molar-refractivity contribution >= 4 is 50.0 Å². The molecule has 0 aromatic heterocycles. The van der Waals surface area contributed by atoms with Crippen LogP contribution < -0.4 is 16.8 Å². The molecule has 2 atom stereocenters. The first kappa shape index (κ1) is 25.9. The molecular weight excluding hydrogens is 516 g/mol. The number of hydrogen-bond acceptors (Lipinski definition) is 7. The third-order valence-electron chi connectivity index (χ3n) is 6.89. The van der Waals surface area contributed by atoms with Crippen LogP contribution in [-0.2, 0) is 24.4 Å². The van der Waals surface area contributed by atoms with Crippen LogP contribution in [0.1, 0.15) is 18.1 Å². The van der Waals surface area contributed by atoms with Crippen molar-refractivity contribution in [1.82, 2.24) is 9.62 Å². The first-order chi connectivity index (χ1) is 18.6. The van der Waals surface area contributed by atoms with Crippen molar-refractivity contribution in [2.75, 3.05) is 18.0 Å². The number of anilines is 2. The fraction of sp³-hybridized carbons (Fsp3) is 0.138. The van der Waals surface area contributed by atoms with Crippen LogP contribution in [0.4, 0.5) is 11.4 Å². The maximum atomic E-state index is 14.1. The van der Waals surface area contributed by atoms with Gasteiger partial charge in [-0.3, -0.25) is 18.7 Å². The molecule has 0 bridgehead atoms. The zero-order valence-electron chi connectivity index (χ0n) is 21.0. The van der Waals surface area contributed by atoms with Gasteiger partial charge in [0, 0.05) is 36.6 Å². The summed E-state index contributed by atoms with van der Waals surface area (Å²) in [5.41, 5.74) is 14.5. The predicted molar refractivity (Wildman–Crippen MR) is 148 cm³/mol. The summed E-state index contributed by atoms with van der Waals surface area (Å²) in [6.07, 6.45) is 1.42. The number of carbonyl (C=O) groups is 3. The lowest BCUT2D eigenvalue weighted by Gasteiger charge is -2.36. The van der Waals surface area contributed by atoms with E-state index in [9.17, 15) is 22.8 Å². The lowest BCUT2D eigenvalue weighted by molar-refractivity contribution is -0.136. The smallest absolute Gasteiger partial charge is 0.264 e. The maximum absolute atomic E-state index is 14.1. The number of ketones is 2. The van der Waals surface area contributed by atoms with Crippen LogP contribution >= 0.6 is 0 Å². The maximum Gasteiger partial charge on any atom is 0.264 e. The molecule has 9 nitrogen and oxygen atoms in total. The Morgan fingerprint density at radius 2 is 1.46 bits per heavy atom. The Kier molecular flexibility index (Phi) is 6.57. The second-order valence-corrected chi connectivity index (χ2v) is 11.2. The highest BCUT2D eigenvalue weighted by Crippen LogP contribution is 2.48. The van der Waals surface area contributed by atoms with Gasteiger partial charge in [-0.15, -0.1) is 0 Å². The summed E-state index contributed by atoms with van der Waals surface area (Å²) in [4.78, 5) is 39.1. The average Bonchev–Trinajstić information content (AvgIpc) is 3.32. The van der Waals surface area contributed by atoms with Crippen LogP contribution in [0.25, 0.3) is 11.1 Å². The molecule has 3 aromatic carbocycles. The predicted octanol–water partition coefficient (Wildman–Crippen LogP) is 2.62. The molecule has 0 fully saturated rings. The number of amides is 1. The van der Waals surface area contributed by atoms with Crippen LogP contribution in [0.15, 0.2) is 95.5 Å². The van der Waals surface area contributed by atoms with Gasteiger partial charge in [0.15, 0.2) is 0 Å². The van der Waals surface area contributed by atoms with Gasteiger partial charge in [0.2, 0.25) is 17.5 Å². The molecule has 1 aliphatic carbocycles. The van der Waals surface area contributed by atoms with E-state index in [1.54, 1.807) is 54.6 Å². The number of rotatable bonds is 6. The summed E-state index contributed by atoms with van der Waals surface area (Å²) in [6.45, 7) is 1.08. The van der Waals surface area contributed by atoms with Gasteiger partial charge in [-0.25, -0.2) is 8.42 Å². The van der Waals surface area contributed by atoms with Crippen molar-refractivity contribution in [1.29, 1.82) is 0 Å². The fourth-order valence-electron chi connectivity index (χ4n) is 5.05. The minimum atomic E-state index is -4.22. The molecule has 1 heterocycles. The molecule has 2 aliphatic rings. The van der Waals surface area contributed by atoms with Crippen LogP contribution in [-0.4, -0.2) is 42.8 Å². The first-order valence-corrected chi connectivity index (χ1v) is 13.6. The highest BCUT2D eigenvalue weighted by atomic mass is 32.2. The van der Waals surface area contributed by atoms with E-state index < -0.39 is 39.5 Å². The molecule has 0 saturated carbocycles. The minimum Gasteiger partial charge on any atom is -0.399 e. The molecular formula is C29H26N4O5S. The van der Waals surface area contributed by atoms with Crippen LogP contribution in [0.2, 0.25) is 0 Å². The van der Waals surface area contributed by atoms with Gasteiger partial charge in [0.25, 0.3) is 10.0 Å². The number of carbonyl (C=O) groups excluding carboxylic acids is 3. The second-order valence-electron chi connectivity index (χ2n) is 9.39. The summed E-state index contributed by atoms with van der Waals surface area (Å²) in [5.74, 6) is -3.02. The number of benzene rings is 3. The molecule has 10 heteroatoms. The molecule has 1 amide bonds. The molecule has 198 valence electrons. The molecule has 1 aliphatic heterocycles. The van der Waals surface area contributed by atoms with Gasteiger partial charge < -0.3 is 16.8 Å². The Morgan fingerprint density at radius 3 is 2.05 bits per heavy atom. The van der Waals surface area contributed by atoms with E-state index in [1.807, 2.05) is 0 Å². The average molecular weight is 543 g/mol. The van der Waals surface area contributed by atoms with E-state index in [0.717, 1.165) is 4.31 Å². The van der Waals surface area contributed by atoms with E-state index in [-0.39, 0.29) is 17.0 Å². The van der Waals surface area contributed by atoms with Crippen molar-refractivity contribution in [2.45, 2.75) is 17.9 Å². The Bertz CT molecular complexity index is 1640. The minimum absolute atomic E-state index is 0.0228. The van der Waals surface area contributed by atoms with E-state index in [0.29, 0.717) is 33.6 Å². The zero-order chi connectivity index (χ0) is 27.9. The Labute approximate surface area is 225 Å². The summed E-state index contributed by atoms with van der Waals surface area (Å²) >= 11 is 0. The van der Waals surface area contributed by atoms with E-state index >= 15 is 0 Å². The normalized spacial score (nSPS) is 19.1. The van der Waals surface area contributed by atoms with Crippen molar-refractivity contribution < 1.29 is 22.8 Å². The van der Waals surface area contributed by atoms with Gasteiger partial charge in [0.05, 0.1) is 16.9 Å². The van der Waals surface area contributed by atoms with Crippen molar-refractivity contribution in [3.05, 3.63) is 102 Å². The van der Waals surface area contributed by atoms with Crippen molar-refractivity contribution in [3.63, 3.8) is 0 Å². The SMILES string of the molecule is CC(=O)NCC1=C(c2ccccc2)C2C(C(=O)C1=O)C(c1ccc(N)cc1)=CN2S(=O)(=O)c1ccc(N)cc1. The topological polar surface area (TPSA) is 153 Å². The number of fused-ring (bicyclic) bond motifs is 1. The van der Waals surface area contributed by atoms with Gasteiger partial charge in [-0.05, 0) is 58.7 Å². The quantitative estimate of drug-likeness (QED) is 0.320. The largest absolute Gasteiger partial charge is 0.399 e. The van der Waals surface area contributed by atoms with Crippen LogP contribution in [0.3, 0.4) is 0 Å². The van der Waals surface area contributed by atoms with E-state index in [2.05, 4.69) is 5.32 Å². The molecule has 5 rings (SSSR count). The molecule has 39 heavy (non-hydrogen) atoms. The highest BCUT2D eigenvalue weighted by Gasteiger charge is 2.53. The number of nitrogens with zero attached hydrogens (tertiary/aromatic N) is 1. The number of nitrogens with one attached hydrogen (secondary N) is 1. The van der Waals surface area contributed by atoms with Gasteiger partial charge in [0.1, 0.15) is 0 Å². The van der Waals surface area contributed by atoms with Crippen LogP contribution in [0.5, 0.6) is 0 Å². The summed E-state index contributed by atoms with van der Waals surface area (Å²) in [6, 6.07) is 20.2. The van der Waals surface area contributed by atoms with Gasteiger partial charge in [-0.1, -0.05) is 42.5 Å². The summed E-state index contributed by atoms with van der Waals surface area (Å²) in [5, 5.41) is 2.60. The van der Waals surface area contributed by atoms with Gasteiger partial charge in [-0.2, -0.15) is 0 Å². The van der Waals surface area contributed by atoms with Crippen molar-refractivity contribution in [3.8, 4) is 0 Å². The summed E-state index contributed by atoms with van der Waals surface area (Å²) < 4.78 is 29.4. The Balaban J connectivity index is 1.78. The zero-order valence-corrected chi connectivity index (χ0v) is 21.8. The third kappa shape index (κ3) is 4.59. The molecule has 0 saturated heterocycles. The molecule has 0 spiro atoms. The van der Waals surface area contributed by atoms with Crippen LogP contribution in [0, 0.1) is 5.92 Å².